The molecule has 0 aliphatic carbocycles. The maximum atomic E-state index is 13.9. The lowest BCUT2D eigenvalue weighted by Gasteiger charge is -2.22. The van der Waals surface area contributed by atoms with Gasteiger partial charge in [-0.25, -0.2) is 4.79 Å². The number of rotatable bonds is 31. The van der Waals surface area contributed by atoms with Crippen molar-refractivity contribution in [2.24, 2.45) is 11.7 Å². The predicted molar refractivity (Wildman–Crippen MR) is 219 cm³/mol. The highest BCUT2D eigenvalue weighted by Crippen LogP contribution is 2.20. The molecule has 0 aliphatic heterocycles. The molecule has 10 N–H and O–H groups in total. The molecule has 4 atom stereocenters. The van der Waals surface area contributed by atoms with Crippen LogP contribution in [-0.4, -0.2) is 108 Å². The summed E-state index contributed by atoms with van der Waals surface area (Å²) in [7, 11) is 0. The molecule has 4 amide bonds. The summed E-state index contributed by atoms with van der Waals surface area (Å²) in [6.07, 6.45) is 2.38. The van der Waals surface area contributed by atoms with Crippen molar-refractivity contribution in [3.05, 3.63) is 42.5 Å². The quantitative estimate of drug-likeness (QED) is 0.0494. The van der Waals surface area contributed by atoms with E-state index in [1.807, 2.05) is 30.3 Å². The molecule has 0 spiro atoms. The minimum Gasteiger partial charge on any atom is -0.481 e. The highest BCUT2D eigenvalue weighted by Gasteiger charge is 2.29. The van der Waals surface area contributed by atoms with Crippen molar-refractivity contribution in [2.45, 2.75) is 109 Å². The second kappa shape index (κ2) is 27.4. The number of fused-ring (bicyclic) bond motifs is 1. The number of unbranched alkanes of at least 4 members (excludes halogenated alkanes) is 1. The van der Waals surface area contributed by atoms with E-state index in [2.05, 4.69) is 38.8 Å². The molecule has 0 bridgehead atoms. The summed E-state index contributed by atoms with van der Waals surface area (Å²) in [5.74, 6) is -6.27. The molecule has 0 unspecified atom stereocenters. The Morgan fingerprint density at radius 3 is 2.16 bits per heavy atom. The van der Waals surface area contributed by atoms with Gasteiger partial charge in [0.1, 0.15) is 6.04 Å². The Labute approximate surface area is 339 Å². The van der Waals surface area contributed by atoms with Gasteiger partial charge in [-0.1, -0.05) is 50.1 Å². The molecule has 17 heteroatoms. The van der Waals surface area contributed by atoms with Crippen LogP contribution in [0.1, 0.15) is 90.9 Å². The monoisotopic (exact) mass is 811 g/mol. The number of carboxylic acids is 2. The standard InChI is InChI=1S/C41H61N7O10/c1-3-4-11-31(42)25-43-20-17-34(44-19-8-12-33(50)26-46-27(2)49)36(51)23-30(24-38(53)47-32-16-15-28-9-5-6-10-29(28)22-32)40(56)45-21-18-35(41(57)58)48-37(52)13-7-14-39(54)55/h5-6,9-10,15-16,22,30-31,34-35,43-44H,3-4,7-8,11-14,17-21,23-26,42H2,1-2H3,(H,45,56)(H,46,49)(H,47,53)(H,48,52)(H,54,55)(H,57,58)/t30-,31+,34+,35-/m1/s1. The Hall–Kier alpha value is -5.26. The molecule has 0 saturated heterocycles. The van der Waals surface area contributed by atoms with Gasteiger partial charge in [0.25, 0.3) is 0 Å². The van der Waals surface area contributed by atoms with Gasteiger partial charge >= 0.3 is 11.9 Å². The van der Waals surface area contributed by atoms with Crippen LogP contribution < -0.4 is 37.6 Å². The molecule has 0 aliphatic rings. The van der Waals surface area contributed by atoms with Gasteiger partial charge in [0.05, 0.1) is 18.5 Å². The third-order valence-corrected chi connectivity index (χ3v) is 9.33. The fourth-order valence-corrected chi connectivity index (χ4v) is 6.11. The lowest BCUT2D eigenvalue weighted by molar-refractivity contribution is -0.142. The number of nitrogens with one attached hydrogen (secondary N) is 6. The van der Waals surface area contributed by atoms with Crippen molar-refractivity contribution < 1.29 is 48.6 Å². The highest BCUT2D eigenvalue weighted by atomic mass is 16.4. The molecule has 0 heterocycles. The van der Waals surface area contributed by atoms with E-state index in [1.54, 1.807) is 12.1 Å². The number of ketones is 2. The smallest absolute Gasteiger partial charge is 0.326 e. The molecule has 0 fully saturated rings. The van der Waals surface area contributed by atoms with Crippen molar-refractivity contribution in [3.63, 3.8) is 0 Å². The first-order chi connectivity index (χ1) is 27.7. The van der Waals surface area contributed by atoms with E-state index < -0.39 is 47.7 Å². The Morgan fingerprint density at radius 2 is 1.47 bits per heavy atom. The topological polar surface area (TPSA) is 275 Å². The van der Waals surface area contributed by atoms with Gasteiger partial charge in [0.2, 0.25) is 23.6 Å². The van der Waals surface area contributed by atoms with E-state index in [1.165, 1.54) is 6.92 Å². The average Bonchev–Trinajstić information content (AvgIpc) is 3.17. The molecule has 0 saturated carbocycles. The SMILES string of the molecule is CCCC[C@H](N)CNCC[C@H](NCCCC(=O)CNC(C)=O)C(=O)C[C@H](CC(=O)Nc1ccc2ccccc2c1)C(=O)NCC[C@@H](NC(=O)CCCC(=O)O)C(=O)O. The average molecular weight is 812 g/mol. The summed E-state index contributed by atoms with van der Waals surface area (Å²) in [5.41, 5.74) is 6.70. The number of hydrogen-bond acceptors (Lipinski definition) is 11. The van der Waals surface area contributed by atoms with Gasteiger partial charge in [-0.3, -0.25) is 33.6 Å². The van der Waals surface area contributed by atoms with Crippen LogP contribution in [0.15, 0.2) is 42.5 Å². The summed E-state index contributed by atoms with van der Waals surface area (Å²) in [5, 5.41) is 37.0. The number of carbonyl (C=O) groups is 8. The minimum atomic E-state index is -1.38. The van der Waals surface area contributed by atoms with E-state index in [0.29, 0.717) is 31.6 Å². The normalized spacial score (nSPS) is 13.1. The zero-order valence-corrected chi connectivity index (χ0v) is 33.6. The van der Waals surface area contributed by atoms with Crippen LogP contribution in [0, 0.1) is 5.92 Å². The maximum absolute atomic E-state index is 13.9. The van der Waals surface area contributed by atoms with Gasteiger partial charge in [0, 0.05) is 63.8 Å². The number of amides is 4. The van der Waals surface area contributed by atoms with E-state index >= 15 is 0 Å². The van der Waals surface area contributed by atoms with E-state index in [9.17, 15) is 43.5 Å². The molecule has 2 rings (SSSR count). The number of aliphatic carboxylic acids is 2. The van der Waals surface area contributed by atoms with Crippen LogP contribution in [0.5, 0.6) is 0 Å². The zero-order chi connectivity index (χ0) is 42.9. The molecule has 0 radical (unpaired) electrons. The van der Waals surface area contributed by atoms with Crippen molar-refractivity contribution >= 4 is 63.6 Å². The van der Waals surface area contributed by atoms with Gasteiger partial charge in [-0.05, 0) is 68.1 Å². The first-order valence-corrected chi connectivity index (χ1v) is 20.0. The van der Waals surface area contributed by atoms with Crippen LogP contribution in [0.3, 0.4) is 0 Å². The van der Waals surface area contributed by atoms with Gasteiger partial charge < -0.3 is 47.8 Å². The number of carboxylic acid groups (broad SMARTS) is 2. The summed E-state index contributed by atoms with van der Waals surface area (Å²) < 4.78 is 0. The largest absolute Gasteiger partial charge is 0.481 e. The van der Waals surface area contributed by atoms with Crippen molar-refractivity contribution in [1.82, 2.24) is 26.6 Å². The van der Waals surface area contributed by atoms with Crippen molar-refractivity contribution in [3.8, 4) is 0 Å². The van der Waals surface area contributed by atoms with Crippen LogP contribution >= 0.6 is 0 Å². The number of benzene rings is 2. The number of hydrogen-bond donors (Lipinski definition) is 9. The van der Waals surface area contributed by atoms with Crippen LogP contribution in [0.25, 0.3) is 10.8 Å². The molecule has 58 heavy (non-hydrogen) atoms. The second-order valence-corrected chi connectivity index (χ2v) is 14.4. The zero-order valence-electron chi connectivity index (χ0n) is 33.6. The maximum Gasteiger partial charge on any atom is 0.326 e. The van der Waals surface area contributed by atoms with Crippen molar-refractivity contribution in [1.29, 1.82) is 0 Å². The summed E-state index contributed by atoms with van der Waals surface area (Å²) in [4.78, 5) is 99.2. The Kier molecular flexibility index (Phi) is 23.1. The predicted octanol–water partition coefficient (Wildman–Crippen LogP) is 2.02. The summed E-state index contributed by atoms with van der Waals surface area (Å²) in [6, 6.07) is 10.7. The molecule has 320 valence electrons. The van der Waals surface area contributed by atoms with Gasteiger partial charge in [-0.15, -0.1) is 0 Å². The summed E-state index contributed by atoms with van der Waals surface area (Å²) in [6.45, 7) is 4.34. The van der Waals surface area contributed by atoms with Gasteiger partial charge in [0.15, 0.2) is 11.6 Å². The van der Waals surface area contributed by atoms with E-state index in [4.69, 9.17) is 10.8 Å². The second-order valence-electron chi connectivity index (χ2n) is 14.4. The molecule has 0 aromatic heterocycles. The lowest BCUT2D eigenvalue weighted by Crippen LogP contribution is -2.45. The third-order valence-electron chi connectivity index (χ3n) is 9.33. The first-order valence-electron chi connectivity index (χ1n) is 20.0. The Bertz CT molecular complexity index is 1690. The van der Waals surface area contributed by atoms with E-state index in [-0.39, 0.29) is 88.1 Å². The highest BCUT2D eigenvalue weighted by molar-refractivity contribution is 5.98. The Morgan fingerprint density at radius 1 is 0.741 bits per heavy atom. The number of anilines is 1. The van der Waals surface area contributed by atoms with Crippen LogP contribution in [0.4, 0.5) is 5.69 Å². The summed E-state index contributed by atoms with van der Waals surface area (Å²) >= 11 is 0. The number of Topliss-reactive ketones (excluding diaryl/α,β-unsaturated/α-hetero) is 2. The Balaban J connectivity index is 2.19. The minimum absolute atomic E-state index is 0.0242. The first kappa shape index (κ1) is 48.9. The molecular weight excluding hydrogens is 750 g/mol. The fourth-order valence-electron chi connectivity index (χ4n) is 6.11. The molecule has 2 aromatic carbocycles. The molecule has 2 aromatic rings. The lowest BCUT2D eigenvalue weighted by atomic mass is 9.92. The molecular formula is C41H61N7O10. The van der Waals surface area contributed by atoms with Gasteiger partial charge in [-0.2, -0.15) is 0 Å². The number of carbonyl (C=O) groups excluding carboxylic acids is 6. The van der Waals surface area contributed by atoms with E-state index in [0.717, 1.165) is 30.0 Å². The fraction of sp³-hybridized carbons (Fsp3) is 0.561. The number of nitrogens with two attached hydrogens (primary N) is 1. The third kappa shape index (κ3) is 20.8. The van der Waals surface area contributed by atoms with Crippen molar-refractivity contribution in [2.75, 3.05) is 38.0 Å². The van der Waals surface area contributed by atoms with Crippen LogP contribution in [-0.2, 0) is 38.4 Å². The van der Waals surface area contributed by atoms with Crippen LogP contribution in [0.2, 0.25) is 0 Å². The molecule has 17 nitrogen and oxygen atoms in total.